The van der Waals surface area contributed by atoms with Crippen LogP contribution >= 0.6 is 0 Å². The predicted molar refractivity (Wildman–Crippen MR) is 79.0 cm³/mol. The lowest BCUT2D eigenvalue weighted by molar-refractivity contribution is 0.306. The quantitative estimate of drug-likeness (QED) is 0.729. The third-order valence-electron chi connectivity index (χ3n) is 3.01. The molecule has 2 aromatic rings. The van der Waals surface area contributed by atoms with Crippen molar-refractivity contribution in [2.45, 2.75) is 32.7 Å². The molecule has 0 aliphatic rings. The molecule has 0 amide bonds. The third kappa shape index (κ3) is 4.70. The topological polar surface area (TPSA) is 26.2 Å². The summed E-state index contributed by atoms with van der Waals surface area (Å²) in [5.74, 6) is 0.959. The number of nitrogens with zero attached hydrogens (tertiary/aromatic N) is 1. The van der Waals surface area contributed by atoms with Gasteiger partial charge >= 0.3 is 0 Å². The molecule has 3 heteroatoms. The Bertz CT molecular complexity index is 448. The summed E-state index contributed by atoms with van der Waals surface area (Å²) in [6, 6.07) is 12.3. The van der Waals surface area contributed by atoms with Crippen LogP contribution in [0.3, 0.4) is 0 Å². The third-order valence-corrected chi connectivity index (χ3v) is 3.01. The van der Waals surface area contributed by atoms with E-state index in [1.54, 1.807) is 0 Å². The molecule has 0 aliphatic carbocycles. The highest BCUT2D eigenvalue weighted by atomic mass is 16.5. The summed E-state index contributed by atoms with van der Waals surface area (Å²) in [6.45, 7) is 3.83. The fraction of sp³-hybridized carbons (Fsp3) is 0.375. The van der Waals surface area contributed by atoms with Crippen molar-refractivity contribution < 1.29 is 4.74 Å². The van der Waals surface area contributed by atoms with Gasteiger partial charge in [0.05, 0.1) is 13.2 Å². The van der Waals surface area contributed by atoms with Crippen LogP contribution in [-0.2, 0) is 6.54 Å². The van der Waals surface area contributed by atoms with Crippen LogP contribution in [-0.4, -0.2) is 11.3 Å². The lowest BCUT2D eigenvalue weighted by atomic mass is 10.2. The molecule has 0 atom stereocenters. The first-order chi connectivity index (χ1) is 9.38. The van der Waals surface area contributed by atoms with Gasteiger partial charge in [0.15, 0.2) is 0 Å². The molecular formula is C16H22N2O. The van der Waals surface area contributed by atoms with Crippen molar-refractivity contribution in [3.63, 3.8) is 0 Å². The molecule has 0 aliphatic heterocycles. The number of hydrogen-bond donors (Lipinski definition) is 1. The van der Waals surface area contributed by atoms with E-state index in [0.29, 0.717) is 0 Å². The van der Waals surface area contributed by atoms with Crippen LogP contribution in [0.25, 0.3) is 0 Å². The molecule has 102 valence electrons. The van der Waals surface area contributed by atoms with E-state index >= 15 is 0 Å². The van der Waals surface area contributed by atoms with Crippen molar-refractivity contribution in [3.8, 4) is 5.75 Å². The summed E-state index contributed by atoms with van der Waals surface area (Å²) < 4.78 is 7.64. The number of rotatable bonds is 8. The smallest absolute Gasteiger partial charge is 0.119 e. The van der Waals surface area contributed by atoms with Gasteiger partial charge in [-0.2, -0.15) is 0 Å². The van der Waals surface area contributed by atoms with Crippen molar-refractivity contribution in [1.82, 2.24) is 4.68 Å². The summed E-state index contributed by atoms with van der Waals surface area (Å²) >= 11 is 0. The van der Waals surface area contributed by atoms with Crippen molar-refractivity contribution in [3.05, 3.63) is 54.4 Å². The van der Waals surface area contributed by atoms with Crippen LogP contribution in [0, 0.1) is 0 Å². The Morgan fingerprint density at radius 3 is 2.47 bits per heavy atom. The molecule has 0 saturated carbocycles. The molecule has 0 saturated heterocycles. The molecule has 1 aromatic carbocycles. The Morgan fingerprint density at radius 1 is 1.05 bits per heavy atom. The summed E-state index contributed by atoms with van der Waals surface area (Å²) in [6.07, 6.45) is 7.58. The molecule has 2 rings (SSSR count). The summed E-state index contributed by atoms with van der Waals surface area (Å²) in [5, 5.41) is 0. The second-order valence-electron chi connectivity index (χ2n) is 4.62. The van der Waals surface area contributed by atoms with E-state index < -0.39 is 0 Å². The molecule has 1 aromatic heterocycles. The first-order valence-corrected chi connectivity index (χ1v) is 6.97. The first-order valence-electron chi connectivity index (χ1n) is 6.97. The van der Waals surface area contributed by atoms with Crippen molar-refractivity contribution >= 4 is 0 Å². The van der Waals surface area contributed by atoms with Gasteiger partial charge in [-0.05, 0) is 36.2 Å². The zero-order valence-corrected chi connectivity index (χ0v) is 11.5. The minimum Gasteiger partial charge on any atom is -0.494 e. The molecule has 1 N–H and O–H groups in total. The van der Waals surface area contributed by atoms with Gasteiger partial charge in [0.1, 0.15) is 5.75 Å². The molecule has 0 spiro atoms. The average molecular weight is 258 g/mol. The maximum absolute atomic E-state index is 5.69. The number of ether oxygens (including phenoxy) is 1. The highest BCUT2D eigenvalue weighted by Crippen LogP contribution is 2.13. The zero-order chi connectivity index (χ0) is 13.3. The van der Waals surface area contributed by atoms with Crippen molar-refractivity contribution in [2.24, 2.45) is 0 Å². The van der Waals surface area contributed by atoms with Gasteiger partial charge in [0.2, 0.25) is 0 Å². The zero-order valence-electron chi connectivity index (χ0n) is 11.5. The van der Waals surface area contributed by atoms with Gasteiger partial charge in [-0.15, -0.1) is 0 Å². The lowest BCUT2D eigenvalue weighted by Gasteiger charge is -2.09. The fourth-order valence-corrected chi connectivity index (χ4v) is 1.87. The van der Waals surface area contributed by atoms with Gasteiger partial charge < -0.3 is 10.2 Å². The maximum Gasteiger partial charge on any atom is 0.119 e. The SMILES string of the molecule is CCCCCOc1ccc(CNn2cccc2)cc1. The summed E-state index contributed by atoms with van der Waals surface area (Å²) in [5.41, 5.74) is 4.54. The Hall–Kier alpha value is -1.90. The maximum atomic E-state index is 5.69. The van der Waals surface area contributed by atoms with Gasteiger partial charge in [-0.1, -0.05) is 31.9 Å². The Balaban J connectivity index is 1.74. The first kappa shape index (κ1) is 13.5. The lowest BCUT2D eigenvalue weighted by Crippen LogP contribution is -2.11. The minimum atomic E-state index is 0.810. The molecule has 3 nitrogen and oxygen atoms in total. The Labute approximate surface area is 115 Å². The van der Waals surface area contributed by atoms with E-state index in [-0.39, 0.29) is 0 Å². The van der Waals surface area contributed by atoms with E-state index in [4.69, 9.17) is 4.74 Å². The standard InChI is InChI=1S/C16H22N2O/c1-2-3-6-13-19-16-9-7-15(8-10-16)14-17-18-11-4-5-12-18/h4-5,7-12,17H,2-3,6,13-14H2,1H3. The molecule has 0 unspecified atom stereocenters. The van der Waals surface area contributed by atoms with Gasteiger partial charge in [-0.25, -0.2) is 0 Å². The average Bonchev–Trinajstić information content (AvgIpc) is 2.96. The summed E-state index contributed by atoms with van der Waals surface area (Å²) in [4.78, 5) is 0. The van der Waals surface area contributed by atoms with Crippen molar-refractivity contribution in [1.29, 1.82) is 0 Å². The van der Waals surface area contributed by atoms with Gasteiger partial charge in [0, 0.05) is 12.4 Å². The van der Waals surface area contributed by atoms with E-state index in [0.717, 1.165) is 25.3 Å². The minimum absolute atomic E-state index is 0.810. The second-order valence-corrected chi connectivity index (χ2v) is 4.62. The normalized spacial score (nSPS) is 10.4. The Kier molecular flexibility index (Phi) is 5.35. The largest absolute Gasteiger partial charge is 0.494 e. The molecule has 0 bridgehead atoms. The van der Waals surface area contributed by atoms with E-state index in [1.165, 1.54) is 18.4 Å². The molecule has 1 heterocycles. The van der Waals surface area contributed by atoms with E-state index in [9.17, 15) is 0 Å². The highest BCUT2D eigenvalue weighted by Gasteiger charge is 1.96. The predicted octanol–water partition coefficient (Wildman–Crippen LogP) is 3.80. The Morgan fingerprint density at radius 2 is 1.79 bits per heavy atom. The fourth-order valence-electron chi connectivity index (χ4n) is 1.87. The van der Waals surface area contributed by atoms with Crippen molar-refractivity contribution in [2.75, 3.05) is 12.0 Å². The van der Waals surface area contributed by atoms with Gasteiger partial charge in [-0.3, -0.25) is 4.68 Å². The number of benzene rings is 1. The van der Waals surface area contributed by atoms with E-state index in [1.807, 2.05) is 41.3 Å². The van der Waals surface area contributed by atoms with Crippen LogP contribution in [0.5, 0.6) is 5.75 Å². The van der Waals surface area contributed by atoms with Crippen LogP contribution < -0.4 is 10.2 Å². The monoisotopic (exact) mass is 258 g/mol. The number of hydrogen-bond acceptors (Lipinski definition) is 2. The van der Waals surface area contributed by atoms with E-state index in [2.05, 4.69) is 24.5 Å². The molecule has 0 fully saturated rings. The van der Waals surface area contributed by atoms with Gasteiger partial charge in [0.25, 0.3) is 0 Å². The van der Waals surface area contributed by atoms with Crippen LogP contribution in [0.15, 0.2) is 48.8 Å². The molecular weight excluding hydrogens is 236 g/mol. The second kappa shape index (κ2) is 7.52. The molecule has 19 heavy (non-hydrogen) atoms. The number of aromatic nitrogens is 1. The van der Waals surface area contributed by atoms with Crippen LogP contribution in [0.2, 0.25) is 0 Å². The van der Waals surface area contributed by atoms with Crippen LogP contribution in [0.1, 0.15) is 31.7 Å². The highest BCUT2D eigenvalue weighted by molar-refractivity contribution is 5.27. The van der Waals surface area contributed by atoms with Crippen LogP contribution in [0.4, 0.5) is 0 Å². The number of unbranched alkanes of at least 4 members (excludes halogenated alkanes) is 2. The summed E-state index contributed by atoms with van der Waals surface area (Å²) in [7, 11) is 0. The number of nitrogens with one attached hydrogen (secondary N) is 1. The molecule has 0 radical (unpaired) electrons.